The number of Topliss-reactive ketones (excluding diaryl/α,β-unsaturated/α-hetero) is 1. The van der Waals surface area contributed by atoms with E-state index < -0.39 is 23.0 Å². The van der Waals surface area contributed by atoms with E-state index in [4.69, 9.17) is 0 Å². The van der Waals surface area contributed by atoms with Crippen LogP contribution in [-0.2, 0) is 6.54 Å². The summed E-state index contributed by atoms with van der Waals surface area (Å²) in [6.45, 7) is 1.31. The molecule has 2 aromatic rings. The van der Waals surface area contributed by atoms with Gasteiger partial charge in [0.05, 0.1) is 11.8 Å². The lowest BCUT2D eigenvalue weighted by Gasteiger charge is -2.05. The molecule has 0 unspecified atom stereocenters. The first-order chi connectivity index (χ1) is 8.97. The number of nitrogens with zero attached hydrogens (tertiary/aromatic N) is 2. The molecule has 0 saturated carbocycles. The molecule has 0 atom stereocenters. The number of carbonyl (C=O) groups excluding carboxylic acids is 1. The van der Waals surface area contributed by atoms with Gasteiger partial charge in [0.1, 0.15) is 18.2 Å². The molecule has 0 bridgehead atoms. The molecule has 0 aliphatic heterocycles. The fourth-order valence-electron chi connectivity index (χ4n) is 1.58. The van der Waals surface area contributed by atoms with Crippen molar-refractivity contribution < 1.29 is 13.6 Å². The van der Waals surface area contributed by atoms with Gasteiger partial charge in [-0.2, -0.15) is 5.10 Å². The number of ketones is 1. The van der Waals surface area contributed by atoms with E-state index in [0.717, 1.165) is 16.8 Å². The second-order valence-electron chi connectivity index (χ2n) is 4.08. The predicted octanol–water partition coefficient (Wildman–Crippen LogP) is 1.71. The average molecular weight is 264 g/mol. The van der Waals surface area contributed by atoms with E-state index in [1.165, 1.54) is 12.3 Å². The van der Waals surface area contributed by atoms with Crippen molar-refractivity contribution in [3.05, 3.63) is 63.6 Å². The van der Waals surface area contributed by atoms with Crippen LogP contribution in [0.15, 0.2) is 35.3 Å². The largest absolute Gasteiger partial charge is 0.292 e. The minimum Gasteiger partial charge on any atom is -0.292 e. The average Bonchev–Trinajstić information content (AvgIpc) is 2.32. The van der Waals surface area contributed by atoms with Crippen LogP contribution in [0, 0.1) is 18.6 Å². The summed E-state index contributed by atoms with van der Waals surface area (Å²) >= 11 is 0. The summed E-state index contributed by atoms with van der Waals surface area (Å²) in [5.41, 5.74) is -0.0480. The Morgan fingerprint density at radius 3 is 2.68 bits per heavy atom. The molecule has 0 fully saturated rings. The molecule has 0 aliphatic carbocycles. The third-order valence-electron chi connectivity index (χ3n) is 2.53. The molecule has 4 nitrogen and oxygen atoms in total. The molecule has 0 radical (unpaired) electrons. The van der Waals surface area contributed by atoms with Crippen molar-refractivity contribution in [1.82, 2.24) is 9.78 Å². The van der Waals surface area contributed by atoms with Gasteiger partial charge >= 0.3 is 0 Å². The number of aromatic nitrogens is 2. The van der Waals surface area contributed by atoms with E-state index in [1.54, 1.807) is 6.92 Å². The van der Waals surface area contributed by atoms with E-state index in [-0.39, 0.29) is 12.1 Å². The van der Waals surface area contributed by atoms with Crippen LogP contribution in [0.25, 0.3) is 0 Å². The smallest absolute Gasteiger partial charge is 0.267 e. The molecular weight excluding hydrogens is 254 g/mol. The van der Waals surface area contributed by atoms with Crippen LogP contribution in [0.5, 0.6) is 0 Å². The maximum atomic E-state index is 13.4. The number of benzene rings is 1. The molecule has 19 heavy (non-hydrogen) atoms. The lowest BCUT2D eigenvalue weighted by atomic mass is 10.1. The SMILES string of the molecule is Cc1cnn(CC(=O)c2ccc(F)cc2F)c(=O)c1. The van der Waals surface area contributed by atoms with Crippen molar-refractivity contribution >= 4 is 5.78 Å². The minimum absolute atomic E-state index is 0.268. The van der Waals surface area contributed by atoms with Gasteiger partial charge in [-0.1, -0.05) is 0 Å². The van der Waals surface area contributed by atoms with Gasteiger partial charge < -0.3 is 0 Å². The number of rotatable bonds is 3. The van der Waals surface area contributed by atoms with Crippen molar-refractivity contribution in [1.29, 1.82) is 0 Å². The molecule has 0 N–H and O–H groups in total. The van der Waals surface area contributed by atoms with Gasteiger partial charge in [0.25, 0.3) is 5.56 Å². The highest BCUT2D eigenvalue weighted by molar-refractivity contribution is 5.96. The van der Waals surface area contributed by atoms with Crippen LogP contribution < -0.4 is 5.56 Å². The molecule has 1 aromatic carbocycles. The molecule has 0 spiro atoms. The Bertz CT molecular complexity index is 695. The van der Waals surface area contributed by atoms with Crippen molar-refractivity contribution in [2.24, 2.45) is 0 Å². The van der Waals surface area contributed by atoms with Crippen LogP contribution in [0.2, 0.25) is 0 Å². The minimum atomic E-state index is -0.954. The number of aryl methyl sites for hydroxylation is 1. The van der Waals surface area contributed by atoms with Gasteiger partial charge in [-0.05, 0) is 24.6 Å². The molecule has 2 rings (SSSR count). The second kappa shape index (κ2) is 5.09. The zero-order valence-corrected chi connectivity index (χ0v) is 10.1. The van der Waals surface area contributed by atoms with Crippen LogP contribution >= 0.6 is 0 Å². The predicted molar refractivity (Wildman–Crippen MR) is 63.9 cm³/mol. The molecule has 0 saturated heterocycles. The number of hydrogen-bond acceptors (Lipinski definition) is 3. The third kappa shape index (κ3) is 2.90. The van der Waals surface area contributed by atoms with Gasteiger partial charge in [0.15, 0.2) is 5.78 Å². The molecule has 0 aliphatic rings. The topological polar surface area (TPSA) is 52.0 Å². The maximum Gasteiger partial charge on any atom is 0.267 e. The Morgan fingerprint density at radius 2 is 2.05 bits per heavy atom. The van der Waals surface area contributed by atoms with Crippen LogP contribution in [-0.4, -0.2) is 15.6 Å². The Labute approximate surface area is 107 Å². The molecule has 1 aromatic heterocycles. The summed E-state index contributed by atoms with van der Waals surface area (Å²) in [7, 11) is 0. The zero-order valence-electron chi connectivity index (χ0n) is 10.1. The van der Waals surface area contributed by atoms with E-state index in [1.807, 2.05) is 0 Å². The summed E-state index contributed by atoms with van der Waals surface area (Å²) in [5.74, 6) is -2.36. The van der Waals surface area contributed by atoms with Gasteiger partial charge in [-0.25, -0.2) is 13.5 Å². The number of hydrogen-bond donors (Lipinski definition) is 0. The Balaban J connectivity index is 2.28. The Hall–Kier alpha value is -2.37. The highest BCUT2D eigenvalue weighted by atomic mass is 19.1. The normalized spacial score (nSPS) is 10.5. The lowest BCUT2D eigenvalue weighted by molar-refractivity contribution is 0.0961. The second-order valence-corrected chi connectivity index (χ2v) is 4.08. The standard InChI is InChI=1S/C13H10F2N2O2/c1-8-4-13(19)17(16-6-8)7-12(18)10-3-2-9(14)5-11(10)15/h2-6H,7H2,1H3. The Kier molecular flexibility index (Phi) is 3.50. The van der Waals surface area contributed by atoms with Crippen LogP contribution in [0.1, 0.15) is 15.9 Å². The summed E-state index contributed by atoms with van der Waals surface area (Å²) in [5, 5.41) is 3.78. The van der Waals surface area contributed by atoms with Gasteiger partial charge in [-0.3, -0.25) is 9.59 Å². The molecule has 0 amide bonds. The fourth-order valence-corrected chi connectivity index (χ4v) is 1.58. The van der Waals surface area contributed by atoms with Crippen molar-refractivity contribution in [2.45, 2.75) is 13.5 Å². The monoisotopic (exact) mass is 264 g/mol. The molecule has 6 heteroatoms. The van der Waals surface area contributed by atoms with Crippen molar-refractivity contribution in [3.63, 3.8) is 0 Å². The van der Waals surface area contributed by atoms with Crippen LogP contribution in [0.4, 0.5) is 8.78 Å². The highest BCUT2D eigenvalue weighted by Gasteiger charge is 2.14. The summed E-state index contributed by atoms with van der Waals surface area (Å²) < 4.78 is 27.1. The Morgan fingerprint density at radius 1 is 1.32 bits per heavy atom. The zero-order chi connectivity index (χ0) is 14.0. The summed E-state index contributed by atoms with van der Waals surface area (Å²) in [4.78, 5) is 23.4. The van der Waals surface area contributed by atoms with E-state index in [0.29, 0.717) is 11.6 Å². The molecule has 98 valence electrons. The summed E-state index contributed by atoms with van der Waals surface area (Å²) in [6.07, 6.45) is 1.43. The van der Waals surface area contributed by atoms with E-state index >= 15 is 0 Å². The fraction of sp³-hybridized carbons (Fsp3) is 0.154. The summed E-state index contributed by atoms with van der Waals surface area (Å²) in [6, 6.07) is 3.98. The maximum absolute atomic E-state index is 13.4. The number of halogens is 2. The van der Waals surface area contributed by atoms with Crippen molar-refractivity contribution in [3.8, 4) is 0 Å². The van der Waals surface area contributed by atoms with Crippen LogP contribution in [0.3, 0.4) is 0 Å². The van der Waals surface area contributed by atoms with E-state index in [2.05, 4.69) is 5.10 Å². The first kappa shape index (κ1) is 13.1. The molecular formula is C13H10F2N2O2. The van der Waals surface area contributed by atoms with Gasteiger partial charge in [-0.15, -0.1) is 0 Å². The number of carbonyl (C=O) groups is 1. The quantitative estimate of drug-likeness (QED) is 0.793. The first-order valence-corrected chi connectivity index (χ1v) is 5.49. The third-order valence-corrected chi connectivity index (χ3v) is 2.53. The molecule has 1 heterocycles. The first-order valence-electron chi connectivity index (χ1n) is 5.49. The van der Waals surface area contributed by atoms with Gasteiger partial charge in [0, 0.05) is 12.1 Å². The highest BCUT2D eigenvalue weighted by Crippen LogP contribution is 2.10. The lowest BCUT2D eigenvalue weighted by Crippen LogP contribution is -2.26. The van der Waals surface area contributed by atoms with E-state index in [9.17, 15) is 18.4 Å². The van der Waals surface area contributed by atoms with Crippen molar-refractivity contribution in [2.75, 3.05) is 0 Å². The van der Waals surface area contributed by atoms with Gasteiger partial charge in [0.2, 0.25) is 0 Å².